The molecule has 7 heteroatoms. The van der Waals surface area contributed by atoms with Crippen molar-refractivity contribution in [3.8, 4) is 0 Å². The van der Waals surface area contributed by atoms with Crippen LogP contribution in [0.1, 0.15) is 40.3 Å². The molecule has 2 aromatic carbocycles. The molecular weight excluding hydrogens is 401 g/mol. The molecule has 5 rings (SSSR count). The van der Waals surface area contributed by atoms with E-state index in [1.54, 1.807) is 13.2 Å². The van der Waals surface area contributed by atoms with E-state index in [1.165, 1.54) is 30.2 Å². The number of rotatable bonds is 4. The normalized spacial score (nSPS) is 14.1. The number of benzene rings is 2. The van der Waals surface area contributed by atoms with Crippen LogP contribution in [0.3, 0.4) is 0 Å². The molecule has 0 saturated heterocycles. The standard InChI is InChI=1S/C23H22FN3O2S/c1-29-13-15-21-16(24)6-5-7-19(21)30-22(15)23(28)25-14-9-10-18-17(12-14)26-20-8-3-2-4-11-27(18)20/h5-7,9-10,12H,2-4,8,11,13H2,1H3,(H,25,28). The number of nitrogens with one attached hydrogen (secondary N) is 1. The minimum atomic E-state index is -0.337. The average Bonchev–Trinajstić information content (AvgIpc) is 3.18. The third-order valence-electron chi connectivity index (χ3n) is 5.63. The molecule has 0 unspecified atom stereocenters. The van der Waals surface area contributed by atoms with Crippen LogP contribution in [0.2, 0.25) is 0 Å². The second-order valence-electron chi connectivity index (χ2n) is 7.60. The quantitative estimate of drug-likeness (QED) is 0.471. The highest BCUT2D eigenvalue weighted by molar-refractivity contribution is 7.21. The fourth-order valence-corrected chi connectivity index (χ4v) is 5.37. The summed E-state index contributed by atoms with van der Waals surface area (Å²) in [7, 11) is 1.54. The number of carbonyl (C=O) groups is 1. The lowest BCUT2D eigenvalue weighted by molar-refractivity contribution is 0.102. The molecule has 1 amide bonds. The Morgan fingerprint density at radius 2 is 2.17 bits per heavy atom. The van der Waals surface area contributed by atoms with E-state index < -0.39 is 0 Å². The minimum absolute atomic E-state index is 0.177. The van der Waals surface area contributed by atoms with Gasteiger partial charge in [0, 0.05) is 41.4 Å². The first-order valence-corrected chi connectivity index (χ1v) is 11.0. The first-order chi connectivity index (χ1) is 14.7. The monoisotopic (exact) mass is 423 g/mol. The number of nitrogens with zero attached hydrogens (tertiary/aromatic N) is 2. The number of anilines is 1. The molecule has 0 atom stereocenters. The summed E-state index contributed by atoms with van der Waals surface area (Å²) in [4.78, 5) is 18.3. The van der Waals surface area contributed by atoms with Gasteiger partial charge in [-0.15, -0.1) is 11.3 Å². The Kier molecular flexibility index (Phi) is 5.00. The van der Waals surface area contributed by atoms with Crippen LogP contribution in [0.15, 0.2) is 36.4 Å². The molecule has 0 saturated carbocycles. The minimum Gasteiger partial charge on any atom is -0.380 e. The van der Waals surface area contributed by atoms with Gasteiger partial charge in [-0.1, -0.05) is 12.5 Å². The van der Waals surface area contributed by atoms with Crippen LogP contribution in [0, 0.1) is 5.82 Å². The van der Waals surface area contributed by atoms with Gasteiger partial charge in [-0.2, -0.15) is 0 Å². The van der Waals surface area contributed by atoms with Gasteiger partial charge in [0.2, 0.25) is 0 Å². The van der Waals surface area contributed by atoms with Crippen LogP contribution in [0.5, 0.6) is 0 Å². The zero-order valence-electron chi connectivity index (χ0n) is 16.7. The number of ether oxygens (including phenoxy) is 1. The highest BCUT2D eigenvalue weighted by atomic mass is 32.1. The number of thiophene rings is 1. The van der Waals surface area contributed by atoms with Crippen molar-refractivity contribution in [2.24, 2.45) is 0 Å². The first kappa shape index (κ1) is 19.2. The lowest BCUT2D eigenvalue weighted by atomic mass is 10.1. The lowest BCUT2D eigenvalue weighted by Gasteiger charge is -2.07. The summed E-state index contributed by atoms with van der Waals surface area (Å²) in [6.45, 7) is 1.17. The zero-order valence-corrected chi connectivity index (χ0v) is 17.5. The second-order valence-corrected chi connectivity index (χ2v) is 8.66. The number of aromatic nitrogens is 2. The SMILES string of the molecule is COCc1c(C(=O)Nc2ccc3c(c2)nc2n3CCCCC2)sc2cccc(F)c12. The van der Waals surface area contributed by atoms with Gasteiger partial charge in [-0.05, 0) is 43.2 Å². The van der Waals surface area contributed by atoms with E-state index in [0.29, 0.717) is 21.5 Å². The molecule has 5 nitrogen and oxygen atoms in total. The zero-order chi connectivity index (χ0) is 20.7. The van der Waals surface area contributed by atoms with E-state index in [0.717, 1.165) is 40.9 Å². The van der Waals surface area contributed by atoms with Crippen molar-refractivity contribution in [2.45, 2.75) is 38.8 Å². The van der Waals surface area contributed by atoms with Gasteiger partial charge < -0.3 is 14.6 Å². The van der Waals surface area contributed by atoms with E-state index in [2.05, 4.69) is 9.88 Å². The molecule has 154 valence electrons. The summed E-state index contributed by atoms with van der Waals surface area (Å²) < 4.78 is 22.7. The number of fused-ring (bicyclic) bond motifs is 4. The largest absolute Gasteiger partial charge is 0.380 e. The van der Waals surface area contributed by atoms with Crippen LogP contribution < -0.4 is 5.32 Å². The number of amides is 1. The van der Waals surface area contributed by atoms with Gasteiger partial charge >= 0.3 is 0 Å². The lowest BCUT2D eigenvalue weighted by Crippen LogP contribution is -2.12. The Morgan fingerprint density at radius 3 is 3.03 bits per heavy atom. The maximum absolute atomic E-state index is 14.4. The van der Waals surface area contributed by atoms with E-state index >= 15 is 0 Å². The highest BCUT2D eigenvalue weighted by Crippen LogP contribution is 2.34. The summed E-state index contributed by atoms with van der Waals surface area (Å²) in [5, 5.41) is 3.43. The number of aryl methyl sites for hydroxylation is 2. The Morgan fingerprint density at radius 1 is 1.27 bits per heavy atom. The van der Waals surface area contributed by atoms with Gasteiger partial charge in [0.15, 0.2) is 0 Å². The van der Waals surface area contributed by atoms with Gasteiger partial charge in [0.05, 0.1) is 22.5 Å². The van der Waals surface area contributed by atoms with Crippen LogP contribution in [-0.4, -0.2) is 22.6 Å². The topological polar surface area (TPSA) is 56.1 Å². The van der Waals surface area contributed by atoms with E-state index in [1.807, 2.05) is 24.3 Å². The van der Waals surface area contributed by atoms with Gasteiger partial charge in [-0.3, -0.25) is 4.79 Å². The number of halogens is 1. The van der Waals surface area contributed by atoms with E-state index in [4.69, 9.17) is 9.72 Å². The second kappa shape index (κ2) is 7.81. The van der Waals surface area contributed by atoms with E-state index in [-0.39, 0.29) is 18.3 Å². The summed E-state index contributed by atoms with van der Waals surface area (Å²) in [6, 6.07) is 10.7. The molecular formula is C23H22FN3O2S. The maximum atomic E-state index is 14.4. The van der Waals surface area contributed by atoms with E-state index in [9.17, 15) is 9.18 Å². The first-order valence-electron chi connectivity index (χ1n) is 10.1. The molecule has 0 radical (unpaired) electrons. The van der Waals surface area contributed by atoms with Crippen LogP contribution in [0.4, 0.5) is 10.1 Å². The number of carbonyl (C=O) groups excluding carboxylic acids is 1. The number of hydrogen-bond acceptors (Lipinski definition) is 4. The van der Waals surface area contributed by atoms with Gasteiger partial charge in [0.1, 0.15) is 11.6 Å². The van der Waals surface area contributed by atoms with Crippen molar-refractivity contribution < 1.29 is 13.9 Å². The summed E-state index contributed by atoms with van der Waals surface area (Å²) in [6.07, 6.45) is 4.56. The smallest absolute Gasteiger partial charge is 0.266 e. The Labute approximate surface area is 177 Å². The Bertz CT molecular complexity index is 1260. The van der Waals surface area contributed by atoms with Gasteiger partial charge in [-0.25, -0.2) is 9.37 Å². The molecule has 1 aliphatic heterocycles. The van der Waals surface area contributed by atoms with Crippen molar-refractivity contribution in [3.63, 3.8) is 0 Å². The molecule has 4 aromatic rings. The fraction of sp³-hybridized carbons (Fsp3) is 0.304. The molecule has 0 bridgehead atoms. The van der Waals surface area contributed by atoms with Gasteiger partial charge in [0.25, 0.3) is 5.91 Å². The van der Waals surface area contributed by atoms with Crippen molar-refractivity contribution in [1.82, 2.24) is 9.55 Å². The summed E-state index contributed by atoms with van der Waals surface area (Å²) >= 11 is 1.28. The van der Waals surface area contributed by atoms with Crippen LogP contribution in [0.25, 0.3) is 21.1 Å². The fourth-order valence-electron chi connectivity index (χ4n) is 4.25. The predicted octanol–water partition coefficient (Wildman–Crippen LogP) is 5.52. The van der Waals surface area contributed by atoms with Crippen molar-refractivity contribution in [1.29, 1.82) is 0 Å². The number of methoxy groups -OCH3 is 1. The predicted molar refractivity (Wildman–Crippen MR) is 118 cm³/mol. The molecule has 3 heterocycles. The molecule has 0 fully saturated rings. The molecule has 0 aliphatic carbocycles. The van der Waals surface area contributed by atoms with Crippen molar-refractivity contribution in [3.05, 3.63) is 58.5 Å². The molecule has 30 heavy (non-hydrogen) atoms. The highest BCUT2D eigenvalue weighted by Gasteiger charge is 2.21. The van der Waals surface area contributed by atoms with Crippen LogP contribution >= 0.6 is 11.3 Å². The summed E-state index contributed by atoms with van der Waals surface area (Å²) in [5.41, 5.74) is 3.27. The molecule has 1 N–H and O–H groups in total. The number of hydrogen-bond donors (Lipinski definition) is 1. The molecule has 0 spiro atoms. The average molecular weight is 424 g/mol. The van der Waals surface area contributed by atoms with Crippen molar-refractivity contribution in [2.75, 3.05) is 12.4 Å². The Hall–Kier alpha value is -2.77. The third kappa shape index (κ3) is 3.28. The Balaban J connectivity index is 1.49. The van der Waals surface area contributed by atoms with Crippen molar-refractivity contribution >= 4 is 44.1 Å². The summed E-state index contributed by atoms with van der Waals surface area (Å²) in [5.74, 6) is 0.520. The third-order valence-corrected chi connectivity index (χ3v) is 6.82. The number of imidazole rings is 1. The molecule has 1 aliphatic rings. The maximum Gasteiger partial charge on any atom is 0.266 e. The van der Waals surface area contributed by atoms with Crippen LogP contribution in [-0.2, 0) is 24.3 Å². The molecule has 2 aromatic heterocycles.